The minimum Gasteiger partial charge on any atom is -0.444 e. The molecule has 0 atom stereocenters. The van der Waals surface area contributed by atoms with E-state index in [-0.39, 0.29) is 19.1 Å². The van der Waals surface area contributed by atoms with Crippen LogP contribution >= 0.6 is 23.1 Å². The summed E-state index contributed by atoms with van der Waals surface area (Å²) in [5, 5.41) is 1.97. The number of halogens is 3. The molecule has 1 fully saturated rings. The summed E-state index contributed by atoms with van der Waals surface area (Å²) in [6.45, 7) is 5.69. The molecule has 1 saturated heterocycles. The molecule has 10 heteroatoms. The summed E-state index contributed by atoms with van der Waals surface area (Å²) in [7, 11) is 0. The minimum atomic E-state index is -4.87. The molecule has 1 aromatic rings. The monoisotopic (exact) mass is 438 g/mol. The summed E-state index contributed by atoms with van der Waals surface area (Å²) in [5.74, 6) is -1.16. The highest BCUT2D eigenvalue weighted by molar-refractivity contribution is 8.01. The van der Waals surface area contributed by atoms with Gasteiger partial charge in [0.15, 0.2) is 0 Å². The zero-order chi connectivity index (χ0) is 20.9. The van der Waals surface area contributed by atoms with Crippen LogP contribution in [0.3, 0.4) is 0 Å². The van der Waals surface area contributed by atoms with Crippen LogP contribution in [0.4, 0.5) is 18.0 Å². The number of piperidine rings is 1. The van der Waals surface area contributed by atoms with Gasteiger partial charge in [-0.05, 0) is 45.1 Å². The van der Waals surface area contributed by atoms with Crippen molar-refractivity contribution in [2.75, 3.05) is 25.4 Å². The number of likely N-dealkylation sites (tertiary alicyclic amines) is 1. The lowest BCUT2D eigenvalue weighted by molar-refractivity contribution is -0.186. The number of alkyl halides is 3. The van der Waals surface area contributed by atoms with E-state index in [4.69, 9.17) is 4.74 Å². The first kappa shape index (κ1) is 22.9. The number of nitrogens with zero attached hydrogens (tertiary/aromatic N) is 2. The predicted molar refractivity (Wildman–Crippen MR) is 104 cm³/mol. The van der Waals surface area contributed by atoms with Crippen LogP contribution in [0, 0.1) is 0 Å². The van der Waals surface area contributed by atoms with Gasteiger partial charge in [-0.1, -0.05) is 6.07 Å². The lowest BCUT2D eigenvalue weighted by Gasteiger charge is -2.39. The Bertz CT molecular complexity index is 652. The maximum absolute atomic E-state index is 12.7. The molecular formula is C18H25F3N2O3S2. The second-order valence-electron chi connectivity index (χ2n) is 7.48. The molecule has 0 spiro atoms. The topological polar surface area (TPSA) is 49.9 Å². The molecule has 1 aromatic heterocycles. The molecule has 158 valence electrons. The lowest BCUT2D eigenvalue weighted by Crippen LogP contribution is -2.52. The van der Waals surface area contributed by atoms with E-state index in [9.17, 15) is 22.8 Å². The average molecular weight is 439 g/mol. The van der Waals surface area contributed by atoms with Gasteiger partial charge >= 0.3 is 18.2 Å². The molecule has 1 aliphatic heterocycles. The predicted octanol–water partition coefficient (Wildman–Crippen LogP) is 4.63. The van der Waals surface area contributed by atoms with E-state index < -0.39 is 23.8 Å². The van der Waals surface area contributed by atoms with Crippen LogP contribution in [0.2, 0.25) is 0 Å². The highest BCUT2D eigenvalue weighted by Crippen LogP contribution is 2.27. The third-order valence-corrected chi connectivity index (χ3v) is 6.25. The van der Waals surface area contributed by atoms with E-state index in [0.29, 0.717) is 25.1 Å². The fourth-order valence-corrected chi connectivity index (χ4v) is 4.69. The maximum atomic E-state index is 12.7. The van der Waals surface area contributed by atoms with Gasteiger partial charge in [-0.25, -0.2) is 4.79 Å². The van der Waals surface area contributed by atoms with Gasteiger partial charge in [-0.15, -0.1) is 23.1 Å². The highest BCUT2D eigenvalue weighted by Gasteiger charge is 2.44. The minimum absolute atomic E-state index is 0.0274. The molecule has 0 radical (unpaired) electrons. The van der Waals surface area contributed by atoms with E-state index >= 15 is 0 Å². The third kappa shape index (κ3) is 6.88. The smallest absolute Gasteiger partial charge is 0.444 e. The molecule has 0 N–H and O–H groups in total. The second-order valence-corrected chi connectivity index (χ2v) is 9.82. The Balaban J connectivity index is 1.98. The van der Waals surface area contributed by atoms with Crippen molar-refractivity contribution < 1.29 is 27.5 Å². The van der Waals surface area contributed by atoms with Crippen molar-refractivity contribution in [3.05, 3.63) is 17.5 Å². The molecule has 2 rings (SSSR count). The fraction of sp³-hybridized carbons (Fsp3) is 0.667. The Morgan fingerprint density at radius 2 is 1.93 bits per heavy atom. The van der Waals surface area contributed by atoms with E-state index in [1.165, 1.54) is 0 Å². The van der Waals surface area contributed by atoms with Crippen LogP contribution in [0.15, 0.2) is 21.7 Å². The summed E-state index contributed by atoms with van der Waals surface area (Å²) in [4.78, 5) is 26.5. The van der Waals surface area contributed by atoms with Crippen LogP contribution in [-0.4, -0.2) is 65.0 Å². The summed E-state index contributed by atoms with van der Waals surface area (Å²) in [6.07, 6.45) is -4.75. The van der Waals surface area contributed by atoms with E-state index in [1.807, 2.05) is 17.5 Å². The van der Waals surface area contributed by atoms with Crippen molar-refractivity contribution in [1.29, 1.82) is 0 Å². The van der Waals surface area contributed by atoms with Crippen molar-refractivity contribution in [2.45, 2.75) is 55.6 Å². The highest BCUT2D eigenvalue weighted by atomic mass is 32.2. The number of ether oxygens (including phenoxy) is 1. The Morgan fingerprint density at radius 3 is 2.43 bits per heavy atom. The molecule has 0 aliphatic carbocycles. The molecule has 28 heavy (non-hydrogen) atoms. The number of hydrogen-bond donors (Lipinski definition) is 0. The largest absolute Gasteiger partial charge is 0.471 e. The van der Waals surface area contributed by atoms with Gasteiger partial charge in [-0.3, -0.25) is 4.79 Å². The normalized spacial score (nSPS) is 16.1. The molecule has 0 unspecified atom stereocenters. The number of thiophene rings is 1. The summed E-state index contributed by atoms with van der Waals surface area (Å²) in [5.41, 5.74) is -0.664. The standard InChI is InChI=1S/C18H25F3N2O3S2/c1-17(2,3)26-16(25)23(10-12-28-14-5-4-11-27-14)13-6-8-22(9-7-13)15(24)18(19,20)21/h4-5,11,13H,6-10,12H2,1-3H3. The zero-order valence-corrected chi connectivity index (χ0v) is 17.8. The number of amides is 2. The Kier molecular flexibility index (Phi) is 7.66. The first-order valence-corrected chi connectivity index (χ1v) is 10.9. The number of carbonyl (C=O) groups excluding carboxylic acids is 2. The quantitative estimate of drug-likeness (QED) is 0.629. The van der Waals surface area contributed by atoms with Crippen LogP contribution in [0.1, 0.15) is 33.6 Å². The Morgan fingerprint density at radius 1 is 1.29 bits per heavy atom. The summed E-state index contributed by atoms with van der Waals surface area (Å²) < 4.78 is 44.5. The molecule has 5 nitrogen and oxygen atoms in total. The van der Waals surface area contributed by atoms with Gasteiger partial charge < -0.3 is 14.5 Å². The first-order valence-electron chi connectivity index (χ1n) is 8.99. The lowest BCUT2D eigenvalue weighted by atomic mass is 10.0. The van der Waals surface area contributed by atoms with Crippen LogP contribution in [0.5, 0.6) is 0 Å². The number of carbonyl (C=O) groups is 2. The van der Waals surface area contributed by atoms with E-state index in [1.54, 1.807) is 48.8 Å². The first-order chi connectivity index (χ1) is 13.0. The third-order valence-electron chi connectivity index (χ3n) is 4.13. The Labute approximate surface area is 171 Å². The maximum Gasteiger partial charge on any atom is 0.471 e. The summed E-state index contributed by atoms with van der Waals surface area (Å²) in [6, 6.07) is 3.69. The van der Waals surface area contributed by atoms with Crippen molar-refractivity contribution in [1.82, 2.24) is 9.80 Å². The number of hydrogen-bond acceptors (Lipinski definition) is 5. The number of rotatable bonds is 5. The zero-order valence-electron chi connectivity index (χ0n) is 16.1. The van der Waals surface area contributed by atoms with Crippen LogP contribution in [0.25, 0.3) is 0 Å². The number of thioether (sulfide) groups is 1. The van der Waals surface area contributed by atoms with E-state index in [0.717, 1.165) is 9.11 Å². The molecule has 0 bridgehead atoms. The van der Waals surface area contributed by atoms with Crippen molar-refractivity contribution in [3.63, 3.8) is 0 Å². The van der Waals surface area contributed by atoms with Crippen LogP contribution in [-0.2, 0) is 9.53 Å². The molecular weight excluding hydrogens is 413 g/mol. The van der Waals surface area contributed by atoms with Gasteiger partial charge in [0.1, 0.15) is 5.60 Å². The molecule has 0 saturated carbocycles. The van der Waals surface area contributed by atoms with E-state index in [2.05, 4.69) is 0 Å². The van der Waals surface area contributed by atoms with Gasteiger partial charge in [0.2, 0.25) is 0 Å². The summed E-state index contributed by atoms with van der Waals surface area (Å²) >= 11 is 3.23. The van der Waals surface area contributed by atoms with Crippen molar-refractivity contribution in [2.24, 2.45) is 0 Å². The second kappa shape index (κ2) is 9.39. The molecule has 1 aliphatic rings. The van der Waals surface area contributed by atoms with Gasteiger partial charge in [-0.2, -0.15) is 13.2 Å². The molecule has 2 heterocycles. The Hall–Kier alpha value is -1.42. The average Bonchev–Trinajstić information content (AvgIpc) is 3.09. The van der Waals surface area contributed by atoms with Crippen molar-refractivity contribution in [3.8, 4) is 0 Å². The van der Waals surface area contributed by atoms with Crippen LogP contribution < -0.4 is 0 Å². The van der Waals surface area contributed by atoms with Gasteiger partial charge in [0, 0.05) is 31.4 Å². The van der Waals surface area contributed by atoms with Gasteiger partial charge in [0.25, 0.3) is 0 Å². The fourth-order valence-electron chi connectivity index (χ4n) is 2.89. The molecule has 2 amide bonds. The molecule has 0 aromatic carbocycles. The van der Waals surface area contributed by atoms with Crippen molar-refractivity contribution >= 4 is 35.1 Å². The SMILES string of the molecule is CC(C)(C)OC(=O)N(CCSc1cccs1)C1CCN(C(=O)C(F)(F)F)CC1. The van der Waals surface area contributed by atoms with Gasteiger partial charge in [0.05, 0.1) is 4.21 Å².